The number of aromatic amines is 1. The van der Waals surface area contributed by atoms with Crippen LogP contribution in [0.15, 0.2) is 48.5 Å². The number of amides is 1. The Kier molecular flexibility index (Phi) is 5.09. The van der Waals surface area contributed by atoms with Gasteiger partial charge in [0.25, 0.3) is 5.91 Å². The van der Waals surface area contributed by atoms with E-state index in [0.717, 1.165) is 22.3 Å². The van der Waals surface area contributed by atoms with Crippen LogP contribution in [0.25, 0.3) is 10.9 Å². The van der Waals surface area contributed by atoms with Crippen LogP contribution in [0.1, 0.15) is 29.8 Å². The second-order valence-electron chi connectivity index (χ2n) is 6.11. The smallest absolute Gasteiger partial charge is 0.251 e. The van der Waals surface area contributed by atoms with Gasteiger partial charge in [-0.1, -0.05) is 24.3 Å². The molecule has 0 spiro atoms. The first-order valence-electron chi connectivity index (χ1n) is 8.15. The zero-order valence-corrected chi connectivity index (χ0v) is 15.0. The predicted octanol–water partition coefficient (Wildman–Crippen LogP) is 4.04. The van der Waals surface area contributed by atoms with E-state index in [1.807, 2.05) is 62.4 Å². The Balaban J connectivity index is 1.74. The number of carbonyl (C=O) groups is 1. The molecule has 3 N–H and O–H groups in total. The highest BCUT2D eigenvalue weighted by Crippen LogP contribution is 2.19. The summed E-state index contributed by atoms with van der Waals surface area (Å²) < 4.78 is 0.446. The molecule has 0 saturated carbocycles. The van der Waals surface area contributed by atoms with Crippen LogP contribution in [0.2, 0.25) is 0 Å². The van der Waals surface area contributed by atoms with E-state index in [1.54, 1.807) is 0 Å². The summed E-state index contributed by atoms with van der Waals surface area (Å²) in [5.41, 5.74) is 2.67. The Hall–Kier alpha value is -2.73. The summed E-state index contributed by atoms with van der Waals surface area (Å²) in [5, 5.41) is 7.20. The van der Waals surface area contributed by atoms with Crippen molar-refractivity contribution >= 4 is 34.8 Å². The molecule has 5 nitrogen and oxygen atoms in total. The monoisotopic (exact) mass is 352 g/mol. The number of aromatic nitrogens is 2. The van der Waals surface area contributed by atoms with E-state index in [9.17, 15) is 4.79 Å². The average molecular weight is 352 g/mol. The second kappa shape index (κ2) is 7.44. The van der Waals surface area contributed by atoms with E-state index in [4.69, 9.17) is 12.2 Å². The highest BCUT2D eigenvalue weighted by atomic mass is 32.1. The van der Waals surface area contributed by atoms with Crippen molar-refractivity contribution < 1.29 is 4.79 Å². The van der Waals surface area contributed by atoms with Gasteiger partial charge >= 0.3 is 0 Å². The van der Waals surface area contributed by atoms with Crippen LogP contribution < -0.4 is 10.6 Å². The molecule has 6 heteroatoms. The minimum atomic E-state index is -0.0588. The molecular weight excluding hydrogens is 332 g/mol. The summed E-state index contributed by atoms with van der Waals surface area (Å²) in [5.74, 6) is 0.692. The fourth-order valence-electron chi connectivity index (χ4n) is 2.54. The van der Waals surface area contributed by atoms with Gasteiger partial charge in [0.1, 0.15) is 5.82 Å². The zero-order chi connectivity index (χ0) is 17.8. The van der Waals surface area contributed by atoms with Crippen molar-refractivity contribution in [1.29, 1.82) is 0 Å². The molecule has 0 unspecified atom stereocenters. The van der Waals surface area contributed by atoms with Crippen molar-refractivity contribution in [3.8, 4) is 0 Å². The summed E-state index contributed by atoms with van der Waals surface area (Å²) in [7, 11) is 0. The van der Waals surface area contributed by atoms with E-state index in [1.165, 1.54) is 0 Å². The quantitative estimate of drug-likeness (QED) is 0.606. The van der Waals surface area contributed by atoms with E-state index in [0.29, 0.717) is 16.9 Å². The number of nitrogens with zero attached hydrogens (tertiary/aromatic N) is 1. The maximum atomic E-state index is 12.0. The highest BCUT2D eigenvalue weighted by molar-refractivity contribution is 7.71. The van der Waals surface area contributed by atoms with Gasteiger partial charge in [-0.2, -0.15) is 0 Å². The number of hydrogen-bond donors (Lipinski definition) is 3. The molecule has 25 heavy (non-hydrogen) atoms. The maximum Gasteiger partial charge on any atom is 0.251 e. The molecule has 0 aliphatic carbocycles. The number of anilines is 1. The number of carbonyl (C=O) groups excluding carboxylic acids is 1. The molecular formula is C19H20N4OS. The number of benzene rings is 2. The van der Waals surface area contributed by atoms with E-state index in [2.05, 4.69) is 20.6 Å². The Morgan fingerprint density at radius 2 is 1.88 bits per heavy atom. The molecule has 1 heterocycles. The Morgan fingerprint density at radius 3 is 2.60 bits per heavy atom. The van der Waals surface area contributed by atoms with E-state index >= 15 is 0 Å². The van der Waals surface area contributed by atoms with Crippen molar-refractivity contribution in [2.24, 2.45) is 0 Å². The van der Waals surface area contributed by atoms with Gasteiger partial charge in [-0.15, -0.1) is 0 Å². The van der Waals surface area contributed by atoms with Gasteiger partial charge in [0.05, 0.1) is 5.52 Å². The lowest BCUT2D eigenvalue weighted by molar-refractivity contribution is 0.0943. The van der Waals surface area contributed by atoms with Gasteiger partial charge in [-0.25, -0.2) is 4.98 Å². The van der Waals surface area contributed by atoms with Gasteiger partial charge in [0.15, 0.2) is 4.77 Å². The summed E-state index contributed by atoms with van der Waals surface area (Å²) in [6, 6.07) is 15.6. The lowest BCUT2D eigenvalue weighted by Gasteiger charge is -2.10. The summed E-state index contributed by atoms with van der Waals surface area (Å²) in [4.78, 5) is 19.4. The van der Waals surface area contributed by atoms with Crippen LogP contribution in [0.4, 0.5) is 5.82 Å². The lowest BCUT2D eigenvalue weighted by Crippen LogP contribution is -2.30. The molecule has 0 aliphatic rings. The molecule has 0 radical (unpaired) electrons. The molecule has 0 aliphatic heterocycles. The molecule has 0 saturated heterocycles. The average Bonchev–Trinajstić information content (AvgIpc) is 2.59. The fraction of sp³-hybridized carbons (Fsp3) is 0.211. The maximum absolute atomic E-state index is 12.0. The zero-order valence-electron chi connectivity index (χ0n) is 14.2. The Morgan fingerprint density at radius 1 is 1.16 bits per heavy atom. The van der Waals surface area contributed by atoms with E-state index in [-0.39, 0.29) is 11.9 Å². The van der Waals surface area contributed by atoms with Crippen molar-refractivity contribution in [1.82, 2.24) is 15.3 Å². The van der Waals surface area contributed by atoms with Gasteiger partial charge in [0, 0.05) is 23.5 Å². The second-order valence-corrected chi connectivity index (χ2v) is 6.50. The first-order chi connectivity index (χ1) is 12.0. The first-order valence-corrected chi connectivity index (χ1v) is 8.56. The SMILES string of the molecule is CC(C)NC(=O)c1ccc(CNc2nc(=S)[nH]c3ccccc23)cc1. The van der Waals surface area contributed by atoms with Gasteiger partial charge in [-0.05, 0) is 55.9 Å². The van der Waals surface area contributed by atoms with Crippen LogP contribution in [0, 0.1) is 4.77 Å². The third-order valence-electron chi connectivity index (χ3n) is 3.73. The highest BCUT2D eigenvalue weighted by Gasteiger charge is 2.07. The van der Waals surface area contributed by atoms with Crippen LogP contribution in [0.5, 0.6) is 0 Å². The number of H-pyrrole nitrogens is 1. The van der Waals surface area contributed by atoms with Crippen molar-refractivity contribution in [2.75, 3.05) is 5.32 Å². The van der Waals surface area contributed by atoms with E-state index < -0.39 is 0 Å². The topological polar surface area (TPSA) is 69.8 Å². The van der Waals surface area contributed by atoms with Crippen LogP contribution in [-0.2, 0) is 6.54 Å². The number of fused-ring (bicyclic) bond motifs is 1. The van der Waals surface area contributed by atoms with Crippen LogP contribution in [-0.4, -0.2) is 21.9 Å². The van der Waals surface area contributed by atoms with Crippen molar-refractivity contribution in [2.45, 2.75) is 26.4 Å². The van der Waals surface area contributed by atoms with Crippen LogP contribution in [0.3, 0.4) is 0 Å². The molecule has 1 aromatic heterocycles. The van der Waals surface area contributed by atoms with Crippen molar-refractivity contribution in [3.05, 3.63) is 64.4 Å². The summed E-state index contributed by atoms with van der Waals surface area (Å²) >= 11 is 5.19. The molecule has 128 valence electrons. The molecule has 0 fully saturated rings. The predicted molar refractivity (Wildman–Crippen MR) is 103 cm³/mol. The molecule has 1 amide bonds. The van der Waals surface area contributed by atoms with Gasteiger partial charge in [0.2, 0.25) is 0 Å². The molecule has 3 aromatic rings. The molecule has 3 rings (SSSR count). The summed E-state index contributed by atoms with van der Waals surface area (Å²) in [6.07, 6.45) is 0. The molecule has 2 aromatic carbocycles. The minimum Gasteiger partial charge on any atom is -0.365 e. The largest absolute Gasteiger partial charge is 0.365 e. The third kappa shape index (κ3) is 4.22. The molecule has 0 atom stereocenters. The van der Waals surface area contributed by atoms with Crippen molar-refractivity contribution in [3.63, 3.8) is 0 Å². The number of nitrogens with one attached hydrogen (secondary N) is 3. The number of para-hydroxylation sites is 1. The Bertz CT molecular complexity index is 948. The van der Waals surface area contributed by atoms with Crippen LogP contribution >= 0.6 is 12.2 Å². The summed E-state index contributed by atoms with van der Waals surface area (Å²) in [6.45, 7) is 4.48. The number of rotatable bonds is 5. The first kappa shape index (κ1) is 17.1. The Labute approximate surface area is 151 Å². The van der Waals surface area contributed by atoms with Gasteiger partial charge < -0.3 is 15.6 Å². The normalized spacial score (nSPS) is 10.8. The molecule has 0 bridgehead atoms. The fourth-order valence-corrected chi connectivity index (χ4v) is 2.74. The standard InChI is InChI=1S/C19H20N4OS/c1-12(2)21-18(24)14-9-7-13(8-10-14)11-20-17-15-5-3-4-6-16(15)22-19(25)23-17/h3-10,12H,11H2,1-2H3,(H,21,24)(H2,20,22,23,25). The lowest BCUT2D eigenvalue weighted by atomic mass is 10.1. The van der Waals surface area contributed by atoms with Gasteiger partial charge in [-0.3, -0.25) is 4.79 Å². The third-order valence-corrected chi connectivity index (χ3v) is 3.93. The number of hydrogen-bond acceptors (Lipinski definition) is 4. The minimum absolute atomic E-state index is 0.0588.